The average Bonchev–Trinajstić information content (AvgIpc) is 2.87. The van der Waals surface area contributed by atoms with Gasteiger partial charge in [-0.2, -0.15) is 4.31 Å². The summed E-state index contributed by atoms with van der Waals surface area (Å²) in [5.41, 5.74) is 0.596. The minimum absolute atomic E-state index is 0.0109. The van der Waals surface area contributed by atoms with Gasteiger partial charge in [0.25, 0.3) is 0 Å². The predicted molar refractivity (Wildman–Crippen MR) is 157 cm³/mol. The molecule has 0 aliphatic carbocycles. The number of likely N-dealkylation sites (N-methyl/N-ethyl adjacent to an activating group) is 2. The quantitative estimate of drug-likeness (QED) is 0.370. The Hall–Kier alpha value is -2.90. The van der Waals surface area contributed by atoms with E-state index in [-0.39, 0.29) is 48.4 Å². The maximum Gasteiger partial charge on any atom is 0.410 e. The van der Waals surface area contributed by atoms with Gasteiger partial charge >= 0.3 is 6.09 Å². The smallest absolute Gasteiger partial charge is 0.410 e. The highest BCUT2D eigenvalue weighted by atomic mass is 32.2. The fraction of sp³-hybridized carbons (Fsp3) is 0.690. The van der Waals surface area contributed by atoms with E-state index in [0.717, 1.165) is 12.8 Å². The molecule has 1 aromatic rings. The van der Waals surface area contributed by atoms with Crippen molar-refractivity contribution in [3.05, 3.63) is 23.3 Å². The second kappa shape index (κ2) is 13.6. The van der Waals surface area contributed by atoms with Crippen LogP contribution in [0.4, 0.5) is 4.79 Å². The van der Waals surface area contributed by atoms with E-state index in [9.17, 15) is 22.8 Å². The minimum Gasteiger partial charge on any atom is -0.497 e. The zero-order valence-electron chi connectivity index (χ0n) is 26.1. The third-order valence-corrected chi connectivity index (χ3v) is 9.81. The molecule has 12 nitrogen and oxygen atoms in total. The van der Waals surface area contributed by atoms with Crippen molar-refractivity contribution in [3.8, 4) is 5.75 Å². The fourth-order valence-corrected chi connectivity index (χ4v) is 6.77. The van der Waals surface area contributed by atoms with Crippen molar-refractivity contribution >= 4 is 27.9 Å². The Morgan fingerprint density at radius 1 is 1.02 bits per heavy atom. The van der Waals surface area contributed by atoms with Gasteiger partial charge in [0.2, 0.25) is 21.8 Å². The number of nitrogens with zero attached hydrogens (tertiary/aromatic N) is 4. The van der Waals surface area contributed by atoms with E-state index < -0.39 is 21.7 Å². The molecule has 0 bridgehead atoms. The topological polar surface area (TPSA) is 126 Å². The summed E-state index contributed by atoms with van der Waals surface area (Å²) in [6, 6.07) is 3.22. The largest absolute Gasteiger partial charge is 0.497 e. The third-order valence-electron chi connectivity index (χ3n) is 7.65. The van der Waals surface area contributed by atoms with Gasteiger partial charge in [-0.1, -0.05) is 0 Å². The summed E-state index contributed by atoms with van der Waals surface area (Å²) in [5.74, 6) is 0.0832. The van der Waals surface area contributed by atoms with Crippen LogP contribution in [0.3, 0.4) is 0 Å². The Bertz CT molecular complexity index is 1230. The lowest BCUT2D eigenvalue weighted by Crippen LogP contribution is -2.59. The summed E-state index contributed by atoms with van der Waals surface area (Å²) >= 11 is 0. The number of carbonyl (C=O) groups is 3. The van der Waals surface area contributed by atoms with Gasteiger partial charge in [0.1, 0.15) is 18.0 Å². The molecule has 1 atom stereocenters. The van der Waals surface area contributed by atoms with Crippen LogP contribution in [0.1, 0.15) is 44.7 Å². The zero-order valence-corrected chi connectivity index (χ0v) is 27.0. The second-order valence-electron chi connectivity index (χ2n) is 12.1. The van der Waals surface area contributed by atoms with Gasteiger partial charge in [-0.05, 0) is 70.7 Å². The van der Waals surface area contributed by atoms with E-state index in [1.54, 1.807) is 63.6 Å². The number of aryl methyl sites for hydroxylation is 2. The molecular weight excluding hydrogens is 564 g/mol. The summed E-state index contributed by atoms with van der Waals surface area (Å²) in [4.78, 5) is 43.3. The van der Waals surface area contributed by atoms with Gasteiger partial charge in [-0.3, -0.25) is 9.59 Å². The van der Waals surface area contributed by atoms with Crippen molar-refractivity contribution in [2.45, 2.75) is 64.0 Å². The molecule has 3 amide bonds. The molecule has 2 saturated heterocycles. The lowest BCUT2D eigenvalue weighted by atomic mass is 9.96. The Kier molecular flexibility index (Phi) is 10.9. The molecule has 1 unspecified atom stereocenters. The van der Waals surface area contributed by atoms with Crippen LogP contribution in [0.2, 0.25) is 0 Å². The van der Waals surface area contributed by atoms with Gasteiger partial charge in [0.05, 0.1) is 24.5 Å². The molecule has 13 heteroatoms. The number of benzene rings is 1. The molecular formula is C29H46N4O8S. The highest BCUT2D eigenvalue weighted by Crippen LogP contribution is 2.28. The molecule has 0 saturated carbocycles. The van der Waals surface area contributed by atoms with Crippen LogP contribution in [0.5, 0.6) is 5.75 Å². The van der Waals surface area contributed by atoms with Crippen LogP contribution in [0.25, 0.3) is 0 Å². The number of hydrogen-bond acceptors (Lipinski definition) is 8. The number of hydrogen-bond donors (Lipinski definition) is 0. The monoisotopic (exact) mass is 610 g/mol. The van der Waals surface area contributed by atoms with E-state index in [2.05, 4.69) is 0 Å². The minimum atomic E-state index is -3.76. The Morgan fingerprint density at radius 3 is 2.21 bits per heavy atom. The lowest BCUT2D eigenvalue weighted by molar-refractivity contribution is -0.146. The van der Waals surface area contributed by atoms with Gasteiger partial charge < -0.3 is 28.9 Å². The van der Waals surface area contributed by atoms with Crippen molar-refractivity contribution in [1.82, 2.24) is 19.0 Å². The Labute approximate surface area is 249 Å². The SMILES string of the molecule is COc1cc(C)c(S(=O)(=O)N(C)CCOCC(=O)N(C)C2CCCN(C(=O)C3CN(C(=O)OC(C)(C)C)C3)C2)c(C)c1. The first-order valence-electron chi connectivity index (χ1n) is 14.3. The molecule has 42 heavy (non-hydrogen) atoms. The molecule has 3 rings (SSSR count). The number of sulfonamides is 1. The van der Waals surface area contributed by atoms with Crippen LogP contribution >= 0.6 is 0 Å². The number of amides is 3. The molecule has 2 fully saturated rings. The van der Waals surface area contributed by atoms with Crippen LogP contribution in [-0.2, 0) is 29.1 Å². The molecule has 2 aliphatic heterocycles. The molecule has 0 aromatic heterocycles. The van der Waals surface area contributed by atoms with Crippen molar-refractivity contribution in [3.63, 3.8) is 0 Å². The van der Waals surface area contributed by atoms with Gasteiger partial charge in [0.15, 0.2) is 0 Å². The molecule has 2 heterocycles. The number of methoxy groups -OCH3 is 1. The predicted octanol–water partition coefficient (Wildman–Crippen LogP) is 2.27. The maximum atomic E-state index is 13.2. The van der Waals surface area contributed by atoms with Gasteiger partial charge in [-0.15, -0.1) is 0 Å². The number of rotatable bonds is 10. The molecule has 0 spiro atoms. The first kappa shape index (κ1) is 33.6. The first-order valence-corrected chi connectivity index (χ1v) is 15.7. The van der Waals surface area contributed by atoms with Crippen LogP contribution < -0.4 is 4.74 Å². The van der Waals surface area contributed by atoms with Crippen LogP contribution in [-0.4, -0.2) is 124 Å². The summed E-state index contributed by atoms with van der Waals surface area (Å²) in [6.07, 6.45) is 1.12. The van der Waals surface area contributed by atoms with E-state index in [1.165, 1.54) is 23.4 Å². The highest BCUT2D eigenvalue weighted by molar-refractivity contribution is 7.89. The van der Waals surface area contributed by atoms with Crippen molar-refractivity contribution in [1.29, 1.82) is 0 Å². The zero-order chi connectivity index (χ0) is 31.4. The molecule has 2 aliphatic rings. The fourth-order valence-electron chi connectivity index (χ4n) is 5.21. The van der Waals surface area contributed by atoms with Crippen molar-refractivity contribution < 1.29 is 37.0 Å². The van der Waals surface area contributed by atoms with Crippen LogP contribution in [0.15, 0.2) is 17.0 Å². The molecule has 0 N–H and O–H groups in total. The number of carbonyl (C=O) groups excluding carboxylic acids is 3. The second-order valence-corrected chi connectivity index (χ2v) is 14.1. The highest BCUT2D eigenvalue weighted by Gasteiger charge is 2.41. The Balaban J connectivity index is 1.44. The van der Waals surface area contributed by atoms with Gasteiger partial charge in [0, 0.05) is 52.9 Å². The third kappa shape index (κ3) is 8.13. The van der Waals surface area contributed by atoms with Crippen LogP contribution in [0, 0.1) is 19.8 Å². The normalized spacial score (nSPS) is 18.1. The average molecular weight is 611 g/mol. The summed E-state index contributed by atoms with van der Waals surface area (Å²) in [6.45, 7) is 10.5. The van der Waals surface area contributed by atoms with E-state index >= 15 is 0 Å². The summed E-state index contributed by atoms with van der Waals surface area (Å²) in [7, 11) is 0.958. The molecule has 236 valence electrons. The van der Waals surface area contributed by atoms with Crippen molar-refractivity contribution in [2.75, 3.05) is 67.1 Å². The molecule has 1 aromatic carbocycles. The number of piperidine rings is 1. The summed E-state index contributed by atoms with van der Waals surface area (Å²) < 4.78 is 43.7. The Morgan fingerprint density at radius 2 is 1.64 bits per heavy atom. The lowest BCUT2D eigenvalue weighted by Gasteiger charge is -2.43. The number of likely N-dealkylation sites (tertiary alicyclic amines) is 2. The first-order chi connectivity index (χ1) is 19.5. The van der Waals surface area contributed by atoms with Crippen molar-refractivity contribution in [2.24, 2.45) is 5.92 Å². The van der Waals surface area contributed by atoms with E-state index in [4.69, 9.17) is 14.2 Å². The summed E-state index contributed by atoms with van der Waals surface area (Å²) in [5, 5.41) is 0. The van der Waals surface area contributed by atoms with E-state index in [1.807, 2.05) is 0 Å². The standard InChI is InChI=1S/C29H46N4O8S/c1-20-14-24(39-8)15-21(2)26(20)42(37,38)30(6)12-13-40-19-25(34)31(7)23-10-9-11-32(18-23)27(35)22-16-33(17-22)28(36)41-29(3,4)5/h14-15,22-23H,9-13,16-19H2,1-8H3. The molecule has 0 radical (unpaired) electrons. The van der Waals surface area contributed by atoms with Gasteiger partial charge in [-0.25, -0.2) is 13.2 Å². The number of ether oxygens (including phenoxy) is 3. The maximum absolute atomic E-state index is 13.2. The van der Waals surface area contributed by atoms with E-state index in [0.29, 0.717) is 43.1 Å².